The predicted octanol–water partition coefficient (Wildman–Crippen LogP) is -1.28. The van der Waals surface area contributed by atoms with Crippen molar-refractivity contribution in [3.63, 3.8) is 0 Å². The average Bonchev–Trinajstić information content (AvgIpc) is 3.19. The van der Waals surface area contributed by atoms with Crippen LogP contribution in [0.15, 0.2) is 28.9 Å². The normalized spacial score (nSPS) is 18.2. The highest BCUT2D eigenvalue weighted by atomic mass is 32.2. The number of ether oxygens (including phenoxy) is 1. The first-order chi connectivity index (χ1) is 16.0. The molecule has 3 rings (SSSR count). The van der Waals surface area contributed by atoms with E-state index in [1.165, 1.54) is 24.6 Å². The number of oxime groups is 1. The van der Waals surface area contributed by atoms with Crippen molar-refractivity contribution in [1.29, 1.82) is 5.41 Å². The fraction of sp³-hybridized carbons (Fsp3) is 0.294. The monoisotopic (exact) mass is 512 g/mol. The third-order valence-electron chi connectivity index (χ3n) is 4.46. The summed E-state index contributed by atoms with van der Waals surface area (Å²) in [7, 11) is -4.74. The molecule has 1 aliphatic heterocycles. The second-order valence-electron chi connectivity index (χ2n) is 6.79. The number of nitrogens with two attached hydrogens (primary N) is 2. The fourth-order valence-corrected chi connectivity index (χ4v) is 4.28. The molecule has 2 atom stereocenters. The van der Waals surface area contributed by atoms with Gasteiger partial charge in [-0.1, -0.05) is 5.16 Å². The number of thiazole rings is 1. The van der Waals surface area contributed by atoms with Gasteiger partial charge in [0.25, 0.3) is 11.8 Å². The molecule has 0 aromatic carbocycles. The van der Waals surface area contributed by atoms with Crippen molar-refractivity contribution in [3.8, 4) is 5.75 Å². The van der Waals surface area contributed by atoms with Gasteiger partial charge in [-0.15, -0.1) is 11.3 Å². The van der Waals surface area contributed by atoms with Crippen LogP contribution in [0.2, 0.25) is 0 Å². The molecule has 2 amide bonds. The summed E-state index contributed by atoms with van der Waals surface area (Å²) in [5.74, 6) is -1.65. The molecule has 1 saturated heterocycles. The SMILES string of the molecule is CC1C(NC(=O)C(=NOCCOc2ccc(C(=N)N)nc2)c2csc(N)n2)C(=O)N1S(=O)(=O)O. The van der Waals surface area contributed by atoms with E-state index in [0.717, 1.165) is 11.3 Å². The molecule has 0 radical (unpaired) electrons. The summed E-state index contributed by atoms with van der Waals surface area (Å²) in [6.45, 7) is 1.28. The maximum atomic E-state index is 12.7. The maximum absolute atomic E-state index is 12.7. The van der Waals surface area contributed by atoms with E-state index in [9.17, 15) is 18.0 Å². The van der Waals surface area contributed by atoms with Gasteiger partial charge in [0.05, 0.1) is 12.2 Å². The molecule has 1 fully saturated rings. The summed E-state index contributed by atoms with van der Waals surface area (Å²) in [4.78, 5) is 37.8. The topological polar surface area (TPSA) is 236 Å². The minimum atomic E-state index is -4.74. The van der Waals surface area contributed by atoms with Gasteiger partial charge in [0.2, 0.25) is 0 Å². The number of rotatable bonds is 10. The third kappa shape index (κ3) is 5.56. The number of carbonyl (C=O) groups excluding carboxylic acids is 2. The Hall–Kier alpha value is -3.83. The summed E-state index contributed by atoms with van der Waals surface area (Å²) in [5, 5.41) is 15.0. The highest BCUT2D eigenvalue weighted by Gasteiger charge is 2.51. The van der Waals surface area contributed by atoms with Crippen molar-refractivity contribution < 1.29 is 32.1 Å². The minimum Gasteiger partial charge on any atom is -0.488 e. The van der Waals surface area contributed by atoms with Crippen LogP contribution in [0.3, 0.4) is 0 Å². The number of nitrogens with one attached hydrogen (secondary N) is 2. The number of carbonyl (C=O) groups is 2. The van der Waals surface area contributed by atoms with Crippen molar-refractivity contribution in [2.24, 2.45) is 10.9 Å². The van der Waals surface area contributed by atoms with Gasteiger partial charge < -0.3 is 26.4 Å². The Morgan fingerprint density at radius 2 is 2.12 bits per heavy atom. The lowest BCUT2D eigenvalue weighted by Gasteiger charge is -2.42. The van der Waals surface area contributed by atoms with Gasteiger partial charge in [-0.05, 0) is 19.1 Å². The van der Waals surface area contributed by atoms with E-state index in [4.69, 9.17) is 31.0 Å². The number of β-lactam (4-membered cyclic amide) rings is 1. The Morgan fingerprint density at radius 3 is 2.65 bits per heavy atom. The van der Waals surface area contributed by atoms with Crippen molar-refractivity contribution in [1.82, 2.24) is 19.6 Å². The van der Waals surface area contributed by atoms with Crippen molar-refractivity contribution in [2.45, 2.75) is 19.0 Å². The van der Waals surface area contributed by atoms with E-state index in [0.29, 0.717) is 11.4 Å². The molecule has 0 bridgehead atoms. The van der Waals surface area contributed by atoms with Crippen LogP contribution in [0.25, 0.3) is 0 Å². The van der Waals surface area contributed by atoms with Gasteiger partial charge in [-0.2, -0.15) is 8.42 Å². The first-order valence-electron chi connectivity index (χ1n) is 9.45. The Balaban J connectivity index is 1.61. The Kier molecular flexibility index (Phi) is 7.28. The molecule has 0 spiro atoms. The van der Waals surface area contributed by atoms with Crippen molar-refractivity contribution in [2.75, 3.05) is 18.9 Å². The number of pyridine rings is 1. The summed E-state index contributed by atoms with van der Waals surface area (Å²) in [6.07, 6.45) is 1.38. The van der Waals surface area contributed by atoms with Crippen LogP contribution in [0.1, 0.15) is 18.3 Å². The smallest absolute Gasteiger partial charge is 0.362 e. The Bertz CT molecular complexity index is 1230. The molecule has 1 aliphatic rings. The predicted molar refractivity (Wildman–Crippen MR) is 120 cm³/mol. The largest absolute Gasteiger partial charge is 0.488 e. The molecule has 2 aromatic rings. The van der Waals surface area contributed by atoms with Crippen molar-refractivity contribution >= 4 is 50.1 Å². The highest BCUT2D eigenvalue weighted by molar-refractivity contribution is 7.84. The van der Waals surface area contributed by atoms with Gasteiger partial charge >= 0.3 is 10.3 Å². The average molecular weight is 513 g/mol. The van der Waals surface area contributed by atoms with Gasteiger partial charge in [-0.3, -0.25) is 19.6 Å². The number of hydrogen-bond acceptors (Lipinski definition) is 12. The molecule has 7 N–H and O–H groups in total. The van der Waals surface area contributed by atoms with Gasteiger partial charge in [-0.25, -0.2) is 14.3 Å². The standard InChI is InChI=1S/C17H20N8O7S2/c1-8-12(16(27)25(8)34(28,29)30)23-15(26)13(11-7-33-17(20)22-11)24-32-5-4-31-9-2-3-10(14(18)19)21-6-9/h2-3,6-8,12H,4-5H2,1H3,(H3,18,19)(H2,20,22)(H,23,26)(H,28,29,30). The van der Waals surface area contributed by atoms with E-state index in [-0.39, 0.29) is 39.9 Å². The fourth-order valence-electron chi connectivity index (χ4n) is 2.85. The molecule has 3 heterocycles. The number of amidine groups is 1. The van der Waals surface area contributed by atoms with Gasteiger partial charge in [0.1, 0.15) is 35.6 Å². The number of nitrogen functional groups attached to an aromatic ring is 2. The lowest BCUT2D eigenvalue weighted by Crippen LogP contribution is -2.71. The summed E-state index contributed by atoms with van der Waals surface area (Å²) in [5.41, 5.74) is 11.0. The van der Waals surface area contributed by atoms with Crippen LogP contribution in [0, 0.1) is 5.41 Å². The van der Waals surface area contributed by atoms with Crippen LogP contribution >= 0.6 is 11.3 Å². The first kappa shape index (κ1) is 24.8. The second kappa shape index (κ2) is 9.98. The van der Waals surface area contributed by atoms with Crippen molar-refractivity contribution in [3.05, 3.63) is 35.1 Å². The summed E-state index contributed by atoms with van der Waals surface area (Å²) in [6, 6.07) is 0.865. The lowest BCUT2D eigenvalue weighted by atomic mass is 10.0. The van der Waals surface area contributed by atoms with E-state index < -0.39 is 34.2 Å². The van der Waals surface area contributed by atoms with E-state index >= 15 is 0 Å². The molecule has 0 aliphatic carbocycles. The number of anilines is 1. The van der Waals surface area contributed by atoms with E-state index in [1.54, 1.807) is 6.07 Å². The third-order valence-corrected chi connectivity index (χ3v) is 6.15. The number of amides is 2. The highest BCUT2D eigenvalue weighted by Crippen LogP contribution is 2.23. The van der Waals surface area contributed by atoms with Crippen LogP contribution in [-0.2, 0) is 24.7 Å². The molecule has 17 heteroatoms. The Morgan fingerprint density at radius 1 is 1.38 bits per heavy atom. The zero-order chi connectivity index (χ0) is 25.0. The van der Waals surface area contributed by atoms with Crippen LogP contribution in [0.5, 0.6) is 5.75 Å². The molecule has 182 valence electrons. The molecular weight excluding hydrogens is 492 g/mol. The zero-order valence-electron chi connectivity index (χ0n) is 17.5. The number of hydrogen-bond donors (Lipinski definition) is 5. The van der Waals surface area contributed by atoms with Crippen LogP contribution in [-0.4, -0.2) is 75.9 Å². The second-order valence-corrected chi connectivity index (χ2v) is 8.97. The van der Waals surface area contributed by atoms with Crippen LogP contribution in [0.4, 0.5) is 5.13 Å². The van der Waals surface area contributed by atoms with Gasteiger partial charge in [0.15, 0.2) is 17.5 Å². The first-order valence-corrected chi connectivity index (χ1v) is 11.7. The molecular formula is C17H20N8O7S2. The maximum Gasteiger partial charge on any atom is 0.362 e. The quantitative estimate of drug-likeness (QED) is 0.0627. The molecule has 2 aromatic heterocycles. The molecule has 0 saturated carbocycles. The van der Waals surface area contributed by atoms with Crippen LogP contribution < -0.4 is 21.5 Å². The van der Waals surface area contributed by atoms with E-state index in [2.05, 4.69) is 20.4 Å². The minimum absolute atomic E-state index is 0.0279. The van der Waals surface area contributed by atoms with Gasteiger partial charge in [0, 0.05) is 5.38 Å². The molecule has 2 unspecified atom stereocenters. The molecule has 15 nitrogen and oxygen atoms in total. The lowest BCUT2D eigenvalue weighted by molar-refractivity contribution is -0.143. The van der Waals surface area contributed by atoms with E-state index in [1.807, 2.05) is 0 Å². The summed E-state index contributed by atoms with van der Waals surface area (Å²) < 4.78 is 37.2. The number of aromatic nitrogens is 2. The Labute approximate surface area is 197 Å². The number of nitrogens with zero attached hydrogens (tertiary/aromatic N) is 4. The zero-order valence-corrected chi connectivity index (χ0v) is 19.2. The summed E-state index contributed by atoms with van der Waals surface area (Å²) >= 11 is 1.04. The molecule has 34 heavy (non-hydrogen) atoms.